The van der Waals surface area contributed by atoms with Crippen LogP contribution in [0.5, 0.6) is 0 Å². The molecule has 1 aromatic rings. The van der Waals surface area contributed by atoms with Crippen molar-refractivity contribution in [3.05, 3.63) is 17.0 Å². The van der Waals surface area contributed by atoms with Crippen LogP contribution in [0.1, 0.15) is 17.0 Å². The van der Waals surface area contributed by atoms with Gasteiger partial charge in [0.25, 0.3) is 0 Å². The van der Waals surface area contributed by atoms with E-state index in [1.807, 2.05) is 13.8 Å². The summed E-state index contributed by atoms with van der Waals surface area (Å²) in [6.07, 6.45) is 0. The van der Waals surface area contributed by atoms with Crippen molar-refractivity contribution in [3.8, 4) is 0 Å². The Labute approximate surface area is 60.0 Å². The minimum atomic E-state index is 0.507. The van der Waals surface area contributed by atoms with E-state index in [1.54, 1.807) is 7.11 Å². The summed E-state index contributed by atoms with van der Waals surface area (Å²) in [5.41, 5.74) is 2.02. The van der Waals surface area contributed by atoms with Gasteiger partial charge in [0.15, 0.2) is 5.76 Å². The lowest BCUT2D eigenvalue weighted by Gasteiger charge is -1.92. The Kier molecular flexibility index (Phi) is 2.06. The van der Waals surface area contributed by atoms with Crippen LogP contribution in [0.4, 0.5) is 0 Å². The molecule has 1 heterocycles. The number of ether oxygens (including phenoxy) is 1. The Hall–Kier alpha value is -0.830. The van der Waals surface area contributed by atoms with Crippen molar-refractivity contribution in [2.45, 2.75) is 20.5 Å². The molecule has 0 radical (unpaired) electrons. The first-order chi connectivity index (χ1) is 4.75. The topological polar surface area (TPSA) is 35.3 Å². The highest BCUT2D eigenvalue weighted by Crippen LogP contribution is 2.11. The van der Waals surface area contributed by atoms with Crippen molar-refractivity contribution in [3.63, 3.8) is 0 Å². The predicted octanol–water partition coefficient (Wildman–Crippen LogP) is 1.44. The van der Waals surface area contributed by atoms with E-state index in [9.17, 15) is 0 Å². The molecule has 10 heavy (non-hydrogen) atoms. The van der Waals surface area contributed by atoms with Crippen molar-refractivity contribution in [2.24, 2.45) is 0 Å². The third-order valence-electron chi connectivity index (χ3n) is 1.53. The molecule has 0 aliphatic rings. The van der Waals surface area contributed by atoms with Gasteiger partial charge in [-0.2, -0.15) is 0 Å². The van der Waals surface area contributed by atoms with E-state index >= 15 is 0 Å². The summed E-state index contributed by atoms with van der Waals surface area (Å²) in [5, 5.41) is 3.78. The summed E-state index contributed by atoms with van der Waals surface area (Å²) in [7, 11) is 1.64. The molecule has 0 unspecified atom stereocenters. The fourth-order valence-electron chi connectivity index (χ4n) is 0.728. The Morgan fingerprint density at radius 3 is 2.60 bits per heavy atom. The second kappa shape index (κ2) is 2.84. The maximum atomic E-state index is 4.96. The zero-order valence-corrected chi connectivity index (χ0v) is 6.47. The van der Waals surface area contributed by atoms with Gasteiger partial charge < -0.3 is 9.26 Å². The normalized spacial score (nSPS) is 10.3. The van der Waals surface area contributed by atoms with Crippen molar-refractivity contribution in [1.29, 1.82) is 0 Å². The average molecular weight is 141 g/mol. The van der Waals surface area contributed by atoms with Crippen LogP contribution in [0.2, 0.25) is 0 Å². The van der Waals surface area contributed by atoms with E-state index in [0.717, 1.165) is 17.0 Å². The molecule has 56 valence electrons. The number of aryl methyl sites for hydroxylation is 1. The zero-order chi connectivity index (χ0) is 7.56. The molecule has 0 aliphatic carbocycles. The molecule has 3 nitrogen and oxygen atoms in total. The molecule has 0 fully saturated rings. The lowest BCUT2D eigenvalue weighted by molar-refractivity contribution is 0.155. The van der Waals surface area contributed by atoms with Crippen LogP contribution >= 0.6 is 0 Å². The molecule has 0 saturated heterocycles. The number of hydrogen-bond acceptors (Lipinski definition) is 3. The molecule has 1 aromatic heterocycles. The highest BCUT2D eigenvalue weighted by atomic mass is 16.5. The quantitative estimate of drug-likeness (QED) is 0.625. The fraction of sp³-hybridized carbons (Fsp3) is 0.571. The van der Waals surface area contributed by atoms with Gasteiger partial charge in [0.2, 0.25) is 0 Å². The van der Waals surface area contributed by atoms with Crippen LogP contribution in [0.15, 0.2) is 4.52 Å². The minimum absolute atomic E-state index is 0.507. The number of methoxy groups -OCH3 is 1. The first-order valence-electron chi connectivity index (χ1n) is 3.16. The molecule has 0 bridgehead atoms. The molecule has 0 aliphatic heterocycles. The first kappa shape index (κ1) is 7.28. The van der Waals surface area contributed by atoms with Gasteiger partial charge in [0.1, 0.15) is 6.61 Å². The van der Waals surface area contributed by atoms with Gasteiger partial charge in [-0.15, -0.1) is 0 Å². The lowest BCUT2D eigenvalue weighted by atomic mass is 10.2. The highest BCUT2D eigenvalue weighted by Gasteiger charge is 2.06. The summed E-state index contributed by atoms with van der Waals surface area (Å²) in [6.45, 7) is 4.39. The van der Waals surface area contributed by atoms with E-state index in [4.69, 9.17) is 9.26 Å². The second-order valence-electron chi connectivity index (χ2n) is 2.25. The number of aromatic nitrogens is 1. The summed E-state index contributed by atoms with van der Waals surface area (Å²) in [5.74, 6) is 0.819. The van der Waals surface area contributed by atoms with Gasteiger partial charge in [0, 0.05) is 12.7 Å². The van der Waals surface area contributed by atoms with Gasteiger partial charge in [0.05, 0.1) is 5.69 Å². The van der Waals surface area contributed by atoms with E-state index < -0.39 is 0 Å². The monoisotopic (exact) mass is 141 g/mol. The Balaban J connectivity index is 2.83. The van der Waals surface area contributed by atoms with Crippen molar-refractivity contribution >= 4 is 0 Å². The molecular weight excluding hydrogens is 130 g/mol. The minimum Gasteiger partial charge on any atom is -0.377 e. The van der Waals surface area contributed by atoms with Gasteiger partial charge >= 0.3 is 0 Å². The summed E-state index contributed by atoms with van der Waals surface area (Å²) >= 11 is 0. The molecule has 0 spiro atoms. The van der Waals surface area contributed by atoms with Crippen LogP contribution in [0.25, 0.3) is 0 Å². The summed E-state index contributed by atoms with van der Waals surface area (Å²) in [6, 6.07) is 0. The molecule has 0 aromatic carbocycles. The second-order valence-corrected chi connectivity index (χ2v) is 2.25. The van der Waals surface area contributed by atoms with E-state index in [2.05, 4.69) is 5.16 Å². The Morgan fingerprint density at radius 2 is 2.20 bits per heavy atom. The maximum Gasteiger partial charge on any atom is 0.165 e. The summed E-state index contributed by atoms with van der Waals surface area (Å²) in [4.78, 5) is 0. The first-order valence-corrected chi connectivity index (χ1v) is 3.16. The van der Waals surface area contributed by atoms with Crippen LogP contribution in [0, 0.1) is 13.8 Å². The van der Waals surface area contributed by atoms with Crippen LogP contribution < -0.4 is 0 Å². The van der Waals surface area contributed by atoms with Crippen molar-refractivity contribution in [2.75, 3.05) is 7.11 Å². The van der Waals surface area contributed by atoms with Crippen LogP contribution in [-0.4, -0.2) is 12.3 Å². The van der Waals surface area contributed by atoms with E-state index in [1.165, 1.54) is 0 Å². The number of rotatable bonds is 2. The van der Waals surface area contributed by atoms with Crippen LogP contribution in [-0.2, 0) is 11.3 Å². The van der Waals surface area contributed by atoms with Crippen LogP contribution in [0.3, 0.4) is 0 Å². The van der Waals surface area contributed by atoms with E-state index in [0.29, 0.717) is 6.61 Å². The molecule has 0 atom stereocenters. The largest absolute Gasteiger partial charge is 0.377 e. The third-order valence-corrected chi connectivity index (χ3v) is 1.53. The zero-order valence-electron chi connectivity index (χ0n) is 6.47. The van der Waals surface area contributed by atoms with Gasteiger partial charge in [-0.1, -0.05) is 5.16 Å². The third kappa shape index (κ3) is 1.19. The van der Waals surface area contributed by atoms with E-state index in [-0.39, 0.29) is 0 Å². The SMILES string of the molecule is COCc1onc(C)c1C. The number of hydrogen-bond donors (Lipinski definition) is 0. The Bertz CT molecular complexity index is 217. The molecule has 0 amide bonds. The fourth-order valence-corrected chi connectivity index (χ4v) is 0.728. The Morgan fingerprint density at radius 1 is 1.50 bits per heavy atom. The molecule has 0 N–H and O–H groups in total. The molecular formula is C7H11NO2. The lowest BCUT2D eigenvalue weighted by Crippen LogP contribution is -1.86. The highest BCUT2D eigenvalue weighted by molar-refractivity contribution is 5.18. The maximum absolute atomic E-state index is 4.96. The average Bonchev–Trinajstić information content (AvgIpc) is 2.20. The summed E-state index contributed by atoms with van der Waals surface area (Å²) < 4.78 is 9.85. The van der Waals surface area contributed by atoms with Gasteiger partial charge in [-0.05, 0) is 13.8 Å². The van der Waals surface area contributed by atoms with Gasteiger partial charge in [-0.25, -0.2) is 0 Å². The van der Waals surface area contributed by atoms with Gasteiger partial charge in [-0.3, -0.25) is 0 Å². The smallest absolute Gasteiger partial charge is 0.165 e. The standard InChI is InChI=1S/C7H11NO2/c1-5-6(2)8-10-7(5)4-9-3/h4H2,1-3H3. The predicted molar refractivity (Wildman–Crippen MR) is 36.7 cm³/mol. The van der Waals surface area contributed by atoms with Crippen molar-refractivity contribution in [1.82, 2.24) is 5.16 Å². The molecule has 0 saturated carbocycles. The molecule has 1 rings (SSSR count). The molecule has 3 heteroatoms. The van der Waals surface area contributed by atoms with Crippen molar-refractivity contribution < 1.29 is 9.26 Å². The number of nitrogens with zero attached hydrogens (tertiary/aromatic N) is 1.